The number of carboxylic acid groups (broad SMARTS) is 1. The Bertz CT molecular complexity index is 761. The van der Waals surface area contributed by atoms with Crippen LogP contribution < -0.4 is 0 Å². The molecule has 3 rings (SSSR count). The van der Waals surface area contributed by atoms with Gasteiger partial charge >= 0.3 is 5.97 Å². The molecule has 0 fully saturated rings. The molecule has 1 aliphatic carbocycles. The molecule has 0 saturated heterocycles. The van der Waals surface area contributed by atoms with Gasteiger partial charge in [-0.1, -0.05) is 19.6 Å². The predicted octanol–water partition coefficient (Wildman–Crippen LogP) is 2.96. The van der Waals surface area contributed by atoms with Crippen molar-refractivity contribution in [3.8, 4) is 5.69 Å². The van der Waals surface area contributed by atoms with Crippen LogP contribution in [0.4, 0.5) is 0 Å². The summed E-state index contributed by atoms with van der Waals surface area (Å²) in [7, 11) is -1.09. The van der Waals surface area contributed by atoms with Crippen LogP contribution in [-0.2, 0) is 24.3 Å². The second-order valence-corrected chi connectivity index (χ2v) is 13.4. The summed E-state index contributed by atoms with van der Waals surface area (Å²) in [6.45, 7) is 8.11. The molecule has 0 unspecified atom stereocenters. The number of hydrogen-bond donors (Lipinski definition) is 1. The van der Waals surface area contributed by atoms with Crippen molar-refractivity contribution in [2.45, 2.75) is 58.1 Å². The smallest absolute Gasteiger partial charge is 0.356 e. The third-order valence-corrected chi connectivity index (χ3v) is 6.17. The van der Waals surface area contributed by atoms with Crippen LogP contribution in [0.25, 0.3) is 5.69 Å². The fourth-order valence-corrected chi connectivity index (χ4v) is 3.81. The van der Waals surface area contributed by atoms with E-state index in [2.05, 4.69) is 29.8 Å². The number of ether oxygens (including phenoxy) is 1. The summed E-state index contributed by atoms with van der Waals surface area (Å²) in [5.74, 6) is -0.959. The fourth-order valence-electron chi connectivity index (χ4n) is 3.05. The maximum absolute atomic E-state index is 11.5. The quantitative estimate of drug-likeness (QED) is 0.605. The first-order valence-corrected chi connectivity index (χ1v) is 12.5. The average Bonchev–Trinajstić information content (AvgIpc) is 3.15. The minimum absolute atomic E-state index is 0.175. The highest BCUT2D eigenvalue weighted by Gasteiger charge is 2.25. The first-order valence-electron chi connectivity index (χ1n) is 8.80. The van der Waals surface area contributed by atoms with E-state index in [4.69, 9.17) is 4.74 Å². The van der Waals surface area contributed by atoms with Gasteiger partial charge in [0.1, 0.15) is 12.4 Å². The highest BCUT2D eigenvalue weighted by Crippen LogP contribution is 2.26. The second-order valence-electron chi connectivity index (χ2n) is 7.78. The first-order chi connectivity index (χ1) is 11.8. The number of fused-ring (bicyclic) bond motifs is 1. The zero-order chi connectivity index (χ0) is 18.0. The molecule has 1 aliphatic rings. The van der Waals surface area contributed by atoms with E-state index in [1.165, 1.54) is 0 Å². The molecule has 0 radical (unpaired) electrons. The molecular weight excluding hydrogens is 336 g/mol. The van der Waals surface area contributed by atoms with E-state index in [9.17, 15) is 9.90 Å². The first kappa shape index (κ1) is 17.9. The van der Waals surface area contributed by atoms with Gasteiger partial charge in [0.15, 0.2) is 5.69 Å². The molecular formula is C17H26N4O3Si. The van der Waals surface area contributed by atoms with Crippen LogP contribution in [0.5, 0.6) is 0 Å². The monoisotopic (exact) mass is 362 g/mol. The Kier molecular flexibility index (Phi) is 5.10. The van der Waals surface area contributed by atoms with Gasteiger partial charge in [-0.3, -0.25) is 0 Å². The van der Waals surface area contributed by atoms with Crippen LogP contribution >= 0.6 is 0 Å². The number of carbonyl (C=O) groups is 1. The topological polar surface area (TPSA) is 82.2 Å². The summed E-state index contributed by atoms with van der Waals surface area (Å²) in [5, 5.41) is 18.1. The molecule has 136 valence electrons. The summed E-state index contributed by atoms with van der Waals surface area (Å²) in [5.41, 5.74) is 2.84. The summed E-state index contributed by atoms with van der Waals surface area (Å²) in [6, 6.07) is 1.12. The molecule has 2 aromatic rings. The number of aromatic nitrogens is 4. The lowest BCUT2D eigenvalue weighted by Gasteiger charge is -2.15. The van der Waals surface area contributed by atoms with E-state index >= 15 is 0 Å². The van der Waals surface area contributed by atoms with Crippen molar-refractivity contribution in [3.05, 3.63) is 29.3 Å². The third kappa shape index (κ3) is 4.19. The Balaban J connectivity index is 1.73. The van der Waals surface area contributed by atoms with Crippen molar-refractivity contribution in [1.82, 2.24) is 19.6 Å². The SMILES string of the molecule is C[Si](C)(C)CCOCn1cc(-n2nc(C(=O)O)c3c2CCCC3)cn1. The maximum Gasteiger partial charge on any atom is 0.356 e. The lowest BCUT2D eigenvalue weighted by atomic mass is 9.95. The summed E-state index contributed by atoms with van der Waals surface area (Å²) >= 11 is 0. The summed E-state index contributed by atoms with van der Waals surface area (Å²) in [4.78, 5) is 11.5. The van der Waals surface area contributed by atoms with E-state index < -0.39 is 14.0 Å². The third-order valence-electron chi connectivity index (χ3n) is 4.47. The number of carboxylic acids is 1. The number of nitrogens with zero attached hydrogens (tertiary/aromatic N) is 4. The van der Waals surface area contributed by atoms with E-state index in [0.29, 0.717) is 6.73 Å². The molecule has 0 saturated carbocycles. The summed E-state index contributed by atoms with van der Waals surface area (Å²) < 4.78 is 9.19. The molecule has 25 heavy (non-hydrogen) atoms. The minimum atomic E-state index is -1.09. The predicted molar refractivity (Wildman–Crippen MR) is 97.1 cm³/mol. The zero-order valence-electron chi connectivity index (χ0n) is 15.2. The normalized spacial score (nSPS) is 14.5. The van der Waals surface area contributed by atoms with Gasteiger partial charge in [0.2, 0.25) is 0 Å². The van der Waals surface area contributed by atoms with Crippen LogP contribution in [0.1, 0.15) is 34.6 Å². The molecule has 8 heteroatoms. The van der Waals surface area contributed by atoms with Crippen molar-refractivity contribution < 1.29 is 14.6 Å². The zero-order valence-corrected chi connectivity index (χ0v) is 16.2. The molecule has 0 spiro atoms. The molecule has 7 nitrogen and oxygen atoms in total. The average molecular weight is 363 g/mol. The fraction of sp³-hybridized carbons (Fsp3) is 0.588. The molecule has 0 atom stereocenters. The van der Waals surface area contributed by atoms with Crippen LogP contribution in [-0.4, -0.2) is 45.3 Å². The van der Waals surface area contributed by atoms with Gasteiger partial charge in [0.05, 0.1) is 12.4 Å². The Morgan fingerprint density at radius 2 is 2.08 bits per heavy atom. The van der Waals surface area contributed by atoms with Crippen molar-refractivity contribution in [2.24, 2.45) is 0 Å². The second kappa shape index (κ2) is 7.13. The highest BCUT2D eigenvalue weighted by molar-refractivity contribution is 6.76. The number of rotatable bonds is 7. The Morgan fingerprint density at radius 3 is 2.80 bits per heavy atom. The van der Waals surface area contributed by atoms with Crippen LogP contribution in [0.15, 0.2) is 12.4 Å². The van der Waals surface area contributed by atoms with Crippen molar-refractivity contribution in [3.63, 3.8) is 0 Å². The van der Waals surface area contributed by atoms with Crippen molar-refractivity contribution in [2.75, 3.05) is 6.61 Å². The van der Waals surface area contributed by atoms with Gasteiger partial charge < -0.3 is 9.84 Å². The van der Waals surface area contributed by atoms with E-state index in [1.54, 1.807) is 15.6 Å². The van der Waals surface area contributed by atoms with Gasteiger partial charge in [-0.2, -0.15) is 10.2 Å². The standard InChI is InChI=1S/C17H26N4O3Si/c1-25(2,3)9-8-24-12-20-11-13(10-18-20)21-15-7-5-4-6-14(15)16(19-21)17(22)23/h10-11H,4-9,12H2,1-3H3,(H,22,23). The Labute approximate surface area is 148 Å². The maximum atomic E-state index is 11.5. The van der Waals surface area contributed by atoms with Gasteiger partial charge in [0.25, 0.3) is 0 Å². The molecule has 1 N–H and O–H groups in total. The molecule has 2 heterocycles. The molecule has 0 aliphatic heterocycles. The highest BCUT2D eigenvalue weighted by atomic mass is 28.3. The van der Waals surface area contributed by atoms with Crippen molar-refractivity contribution >= 4 is 14.0 Å². The minimum Gasteiger partial charge on any atom is -0.476 e. The molecule has 0 amide bonds. The lowest BCUT2D eigenvalue weighted by Crippen LogP contribution is -2.22. The Hall–Kier alpha value is -1.93. The van der Waals surface area contributed by atoms with Crippen LogP contribution in [0.3, 0.4) is 0 Å². The van der Waals surface area contributed by atoms with Crippen LogP contribution in [0, 0.1) is 0 Å². The number of aromatic carboxylic acids is 1. The lowest BCUT2D eigenvalue weighted by molar-refractivity contribution is 0.0688. The van der Waals surface area contributed by atoms with E-state index in [1.807, 2.05) is 6.20 Å². The van der Waals surface area contributed by atoms with E-state index in [-0.39, 0.29) is 5.69 Å². The molecule has 0 bridgehead atoms. The summed E-state index contributed by atoms with van der Waals surface area (Å²) in [6.07, 6.45) is 7.30. The number of hydrogen-bond acceptors (Lipinski definition) is 4. The Morgan fingerprint density at radius 1 is 1.32 bits per heavy atom. The van der Waals surface area contributed by atoms with Crippen molar-refractivity contribution in [1.29, 1.82) is 0 Å². The molecule has 2 aromatic heterocycles. The largest absolute Gasteiger partial charge is 0.476 e. The van der Waals surface area contributed by atoms with Gasteiger partial charge in [-0.05, 0) is 31.7 Å². The van der Waals surface area contributed by atoms with Gasteiger partial charge in [-0.15, -0.1) is 0 Å². The van der Waals surface area contributed by atoms with Gasteiger partial charge in [0, 0.05) is 25.9 Å². The molecule has 0 aromatic carbocycles. The van der Waals surface area contributed by atoms with E-state index in [0.717, 1.165) is 55.3 Å². The van der Waals surface area contributed by atoms with Gasteiger partial charge in [-0.25, -0.2) is 14.2 Å². The van der Waals surface area contributed by atoms with Crippen LogP contribution in [0.2, 0.25) is 25.7 Å².